The number of hydrogen-bond donors (Lipinski definition) is 2. The van der Waals surface area contributed by atoms with Crippen LogP contribution in [0.3, 0.4) is 0 Å². The number of aromatic nitrogens is 1. The second-order valence-electron chi connectivity index (χ2n) is 6.57. The van der Waals surface area contributed by atoms with Crippen LogP contribution in [-0.2, 0) is 13.1 Å². The van der Waals surface area contributed by atoms with E-state index >= 15 is 0 Å². The van der Waals surface area contributed by atoms with Crippen LogP contribution in [0, 0.1) is 13.8 Å². The first-order valence-corrected chi connectivity index (χ1v) is 9.80. The number of nitrogens with one attached hydrogen (secondary N) is 2. The van der Waals surface area contributed by atoms with Crippen LogP contribution in [0.25, 0.3) is 0 Å². The van der Waals surface area contributed by atoms with E-state index in [0.29, 0.717) is 18.7 Å². The zero-order valence-corrected chi connectivity index (χ0v) is 16.5. The highest BCUT2D eigenvalue weighted by molar-refractivity contribution is 7.16. The maximum absolute atomic E-state index is 12.4. The van der Waals surface area contributed by atoms with Gasteiger partial charge in [-0.2, -0.15) is 0 Å². The number of pyridine rings is 1. The van der Waals surface area contributed by atoms with E-state index in [1.54, 1.807) is 16.2 Å². The molecular formula is C18H23ClN4O2S. The van der Waals surface area contributed by atoms with Crippen molar-refractivity contribution in [3.05, 3.63) is 54.6 Å². The molecule has 2 amide bonds. The first-order chi connectivity index (χ1) is 12.4. The van der Waals surface area contributed by atoms with Gasteiger partial charge in [0.05, 0.1) is 10.9 Å². The maximum atomic E-state index is 12.4. The molecule has 0 aromatic carbocycles. The summed E-state index contributed by atoms with van der Waals surface area (Å²) in [6, 6.07) is 5.76. The maximum Gasteiger partial charge on any atom is 0.317 e. The monoisotopic (exact) mass is 394 g/mol. The molecule has 140 valence electrons. The molecule has 0 radical (unpaired) electrons. The molecule has 0 unspecified atom stereocenters. The largest absolute Gasteiger partial charge is 0.334 e. The van der Waals surface area contributed by atoms with Crippen LogP contribution in [0.4, 0.5) is 4.79 Å². The molecule has 8 heteroatoms. The van der Waals surface area contributed by atoms with Gasteiger partial charge in [-0.1, -0.05) is 11.6 Å². The lowest BCUT2D eigenvalue weighted by Gasteiger charge is -2.34. The summed E-state index contributed by atoms with van der Waals surface area (Å²) in [5, 5.41) is 2.87. The molecule has 0 aliphatic carbocycles. The van der Waals surface area contributed by atoms with Crippen molar-refractivity contribution >= 4 is 29.0 Å². The third kappa shape index (κ3) is 4.66. The van der Waals surface area contributed by atoms with Gasteiger partial charge in [-0.25, -0.2) is 4.79 Å². The fourth-order valence-electron chi connectivity index (χ4n) is 3.14. The summed E-state index contributed by atoms with van der Waals surface area (Å²) in [6.45, 7) is 7.85. The molecule has 2 aromatic heterocycles. The van der Waals surface area contributed by atoms with E-state index in [1.807, 2.05) is 32.0 Å². The van der Waals surface area contributed by atoms with Gasteiger partial charge in [-0.15, -0.1) is 11.3 Å². The van der Waals surface area contributed by atoms with Crippen molar-refractivity contribution in [3.8, 4) is 0 Å². The van der Waals surface area contributed by atoms with E-state index in [-0.39, 0.29) is 18.1 Å². The summed E-state index contributed by atoms with van der Waals surface area (Å²) in [5.74, 6) is 0. The number of aryl methyl sites for hydroxylation is 2. The van der Waals surface area contributed by atoms with E-state index < -0.39 is 0 Å². The van der Waals surface area contributed by atoms with Crippen molar-refractivity contribution in [2.24, 2.45) is 0 Å². The fraction of sp³-hybridized carbons (Fsp3) is 0.444. The van der Waals surface area contributed by atoms with E-state index in [1.165, 1.54) is 4.88 Å². The second kappa shape index (κ2) is 8.24. The highest BCUT2D eigenvalue weighted by atomic mass is 35.5. The Morgan fingerprint density at radius 2 is 2.00 bits per heavy atom. The lowest BCUT2D eigenvalue weighted by Crippen LogP contribution is -2.51. The minimum atomic E-state index is -0.137. The molecule has 2 aromatic rings. The highest BCUT2D eigenvalue weighted by Gasteiger charge is 2.21. The molecule has 1 saturated heterocycles. The number of urea groups is 1. The predicted molar refractivity (Wildman–Crippen MR) is 105 cm³/mol. The summed E-state index contributed by atoms with van der Waals surface area (Å²) < 4.78 is 0.805. The van der Waals surface area contributed by atoms with Crippen LogP contribution in [0.2, 0.25) is 4.34 Å². The molecule has 0 atom stereocenters. The predicted octanol–water partition coefficient (Wildman–Crippen LogP) is 2.73. The summed E-state index contributed by atoms with van der Waals surface area (Å²) in [5.41, 5.74) is 2.19. The Balaban J connectivity index is 1.49. The Kier molecular flexibility index (Phi) is 6.01. The number of thiophene rings is 1. The molecule has 1 aliphatic rings. The van der Waals surface area contributed by atoms with Crippen molar-refractivity contribution in [1.82, 2.24) is 20.1 Å². The third-order valence-electron chi connectivity index (χ3n) is 4.58. The van der Waals surface area contributed by atoms with Gasteiger partial charge in [0, 0.05) is 48.9 Å². The summed E-state index contributed by atoms with van der Waals surface area (Å²) >= 11 is 7.57. The molecule has 26 heavy (non-hydrogen) atoms. The van der Waals surface area contributed by atoms with Crippen molar-refractivity contribution in [3.63, 3.8) is 0 Å². The Hall–Kier alpha value is -1.83. The van der Waals surface area contributed by atoms with E-state index in [2.05, 4.69) is 15.2 Å². The first kappa shape index (κ1) is 18.9. The number of H-pyrrole nitrogens is 1. The van der Waals surface area contributed by atoms with Gasteiger partial charge in [0.15, 0.2) is 0 Å². The molecule has 0 spiro atoms. The van der Waals surface area contributed by atoms with Crippen molar-refractivity contribution in [1.29, 1.82) is 0 Å². The van der Waals surface area contributed by atoms with E-state index in [0.717, 1.165) is 35.2 Å². The normalized spacial score (nSPS) is 15.3. The van der Waals surface area contributed by atoms with Crippen LogP contribution in [0.5, 0.6) is 0 Å². The number of amides is 2. The van der Waals surface area contributed by atoms with Gasteiger partial charge in [0.1, 0.15) is 0 Å². The lowest BCUT2D eigenvalue weighted by atomic mass is 10.1. The molecule has 0 saturated carbocycles. The van der Waals surface area contributed by atoms with Crippen molar-refractivity contribution in [2.45, 2.75) is 26.9 Å². The van der Waals surface area contributed by atoms with Crippen LogP contribution in [-0.4, -0.2) is 47.0 Å². The number of nitrogens with zero attached hydrogens (tertiary/aromatic N) is 2. The van der Waals surface area contributed by atoms with Crippen molar-refractivity contribution < 1.29 is 4.79 Å². The standard InChI is InChI=1S/C18H23ClN4O2S/c1-12-9-13(2)21-17(24)15(12)10-20-18(25)23-7-5-22(6-8-23)11-14-3-4-16(19)26-14/h3-4,9H,5-8,10-11H2,1-2H3,(H,20,25)(H,21,24). The zero-order chi connectivity index (χ0) is 18.7. The molecule has 1 fully saturated rings. The zero-order valence-electron chi connectivity index (χ0n) is 15.0. The molecule has 1 aliphatic heterocycles. The minimum absolute atomic E-state index is 0.122. The summed E-state index contributed by atoms with van der Waals surface area (Å²) in [7, 11) is 0. The molecule has 6 nitrogen and oxygen atoms in total. The Morgan fingerprint density at radius 1 is 1.27 bits per heavy atom. The first-order valence-electron chi connectivity index (χ1n) is 8.61. The Bertz CT molecular complexity index is 840. The lowest BCUT2D eigenvalue weighted by molar-refractivity contribution is 0.135. The second-order valence-corrected chi connectivity index (χ2v) is 8.37. The van der Waals surface area contributed by atoms with Crippen LogP contribution in [0.1, 0.15) is 21.7 Å². The van der Waals surface area contributed by atoms with Gasteiger partial charge in [-0.05, 0) is 37.6 Å². The summed E-state index contributed by atoms with van der Waals surface area (Å²) in [4.78, 5) is 32.6. The van der Waals surface area contributed by atoms with E-state index in [4.69, 9.17) is 11.6 Å². The molecule has 3 heterocycles. The smallest absolute Gasteiger partial charge is 0.317 e. The average Bonchev–Trinajstić information content (AvgIpc) is 2.99. The quantitative estimate of drug-likeness (QED) is 0.837. The molecular weight excluding hydrogens is 372 g/mol. The van der Waals surface area contributed by atoms with Gasteiger partial charge in [0.25, 0.3) is 5.56 Å². The van der Waals surface area contributed by atoms with Gasteiger partial charge in [-0.3, -0.25) is 9.69 Å². The molecule has 2 N–H and O–H groups in total. The number of carbonyl (C=O) groups excluding carboxylic acids is 1. The fourth-order valence-corrected chi connectivity index (χ4v) is 4.27. The third-order valence-corrected chi connectivity index (χ3v) is 5.79. The Morgan fingerprint density at radius 3 is 2.62 bits per heavy atom. The van der Waals surface area contributed by atoms with Crippen molar-refractivity contribution in [2.75, 3.05) is 26.2 Å². The number of halogens is 1. The summed E-state index contributed by atoms with van der Waals surface area (Å²) in [6.07, 6.45) is 0. The van der Waals surface area contributed by atoms with E-state index in [9.17, 15) is 9.59 Å². The van der Waals surface area contributed by atoms with Gasteiger partial charge < -0.3 is 15.2 Å². The van der Waals surface area contributed by atoms with Gasteiger partial charge in [0.2, 0.25) is 0 Å². The SMILES string of the molecule is Cc1cc(C)c(CNC(=O)N2CCN(Cc3ccc(Cl)s3)CC2)c(=O)[nH]1. The number of hydrogen-bond acceptors (Lipinski definition) is 4. The van der Waals surface area contributed by atoms with Gasteiger partial charge >= 0.3 is 6.03 Å². The number of piperazine rings is 1. The number of carbonyl (C=O) groups is 1. The highest BCUT2D eigenvalue weighted by Crippen LogP contribution is 2.23. The topological polar surface area (TPSA) is 68.4 Å². The minimum Gasteiger partial charge on any atom is -0.334 e. The molecule has 3 rings (SSSR count). The van der Waals surface area contributed by atoms with Crippen LogP contribution < -0.4 is 10.9 Å². The van der Waals surface area contributed by atoms with Crippen LogP contribution >= 0.6 is 22.9 Å². The van der Waals surface area contributed by atoms with Crippen LogP contribution in [0.15, 0.2) is 23.0 Å². The number of rotatable bonds is 4. The number of aromatic amines is 1. The molecule has 0 bridgehead atoms. The average molecular weight is 395 g/mol. The Labute approximate surface area is 161 Å².